The number of hydrogen-bond acceptors (Lipinski definition) is 2. The molecule has 0 saturated heterocycles. The van der Waals surface area contributed by atoms with Gasteiger partial charge >= 0.3 is 0 Å². The molecule has 0 spiro atoms. The first-order valence-corrected chi connectivity index (χ1v) is 2.35. The summed E-state index contributed by atoms with van der Waals surface area (Å²) < 4.78 is 0. The third-order valence-corrected chi connectivity index (χ3v) is 0.236. The first kappa shape index (κ1) is 30.1. The number of hydrogen-bond donors (Lipinski definition) is 0. The monoisotopic (exact) mass is 235 g/mol. The molecule has 0 aromatic heterocycles. The van der Waals surface area contributed by atoms with Crippen molar-refractivity contribution in [1.82, 2.24) is 0 Å². The number of rotatable bonds is 1. The van der Waals surface area contributed by atoms with Gasteiger partial charge in [0.1, 0.15) is 0 Å². The van der Waals surface area contributed by atoms with Crippen molar-refractivity contribution in [3.05, 3.63) is 0 Å². The molecule has 0 bridgehead atoms. The SMILES string of the molecule is C.C.CC(C)[C-]=O.C[C-]=O.[Y]. The second kappa shape index (κ2) is 31.4. The van der Waals surface area contributed by atoms with Crippen molar-refractivity contribution in [2.75, 3.05) is 0 Å². The minimum Gasteiger partial charge on any atom is -0.542 e. The van der Waals surface area contributed by atoms with Gasteiger partial charge in [0.15, 0.2) is 0 Å². The second-order valence-electron chi connectivity index (χ2n) is 1.48. The molecule has 0 fully saturated rings. The van der Waals surface area contributed by atoms with Crippen LogP contribution in [0.1, 0.15) is 35.6 Å². The smallest absolute Gasteiger partial charge is 0 e. The predicted molar refractivity (Wildman–Crippen MR) is 45.4 cm³/mol. The summed E-state index contributed by atoms with van der Waals surface area (Å²) >= 11 is 0. The molecule has 0 rings (SSSR count). The van der Waals surface area contributed by atoms with E-state index in [9.17, 15) is 4.79 Å². The van der Waals surface area contributed by atoms with E-state index in [1.807, 2.05) is 0 Å². The fourth-order valence-corrected chi connectivity index (χ4v) is 0. The summed E-state index contributed by atoms with van der Waals surface area (Å²) in [7, 11) is 0. The Morgan fingerprint density at radius 2 is 1.18 bits per heavy atom. The zero-order chi connectivity index (χ0) is 6.99. The van der Waals surface area contributed by atoms with Gasteiger partial charge in [-0.05, 0) is 0 Å². The number of carbonyl (C=O) groups excluding carboxylic acids is 2. The van der Waals surface area contributed by atoms with Gasteiger partial charge in [-0.3, -0.25) is 12.6 Å². The summed E-state index contributed by atoms with van der Waals surface area (Å²) in [5, 5.41) is 0. The van der Waals surface area contributed by atoms with Crippen LogP contribution in [0.4, 0.5) is 0 Å². The van der Waals surface area contributed by atoms with Crippen LogP contribution in [-0.2, 0) is 42.3 Å². The molecule has 2 nitrogen and oxygen atoms in total. The predicted octanol–water partition coefficient (Wildman–Crippen LogP) is 2.14. The summed E-state index contributed by atoms with van der Waals surface area (Å²) in [5.41, 5.74) is 0. The quantitative estimate of drug-likeness (QED) is 0.652. The Bertz CT molecular complexity index is 63.1. The summed E-state index contributed by atoms with van der Waals surface area (Å²) in [6, 6.07) is 0. The average molecular weight is 235 g/mol. The van der Waals surface area contributed by atoms with Gasteiger partial charge in [-0.25, -0.2) is 0 Å². The Labute approximate surface area is 96.0 Å². The minimum atomic E-state index is 0. The Hall–Kier alpha value is 0.444. The maximum atomic E-state index is 9.38. The second-order valence-corrected chi connectivity index (χ2v) is 1.48. The summed E-state index contributed by atoms with van der Waals surface area (Å²) in [6.45, 7) is 4.92. The summed E-state index contributed by atoms with van der Waals surface area (Å²) in [5.74, 6) is 0.0787. The molecule has 0 aromatic rings. The van der Waals surface area contributed by atoms with Crippen molar-refractivity contribution >= 4 is 12.6 Å². The fraction of sp³-hybridized carbons (Fsp3) is 0.750. The molecule has 1 radical (unpaired) electrons. The van der Waals surface area contributed by atoms with E-state index in [2.05, 4.69) is 0 Å². The normalized spacial score (nSPS) is 5.09. The fourth-order valence-electron chi connectivity index (χ4n) is 0. The zero-order valence-electron chi connectivity index (χ0n) is 5.97. The van der Waals surface area contributed by atoms with Crippen molar-refractivity contribution in [2.24, 2.45) is 5.92 Å². The van der Waals surface area contributed by atoms with Crippen LogP contribution in [0.5, 0.6) is 0 Å². The summed E-state index contributed by atoms with van der Waals surface area (Å²) in [6.07, 6.45) is 3.28. The van der Waals surface area contributed by atoms with Gasteiger partial charge in [0, 0.05) is 32.7 Å². The van der Waals surface area contributed by atoms with E-state index in [0.717, 1.165) is 0 Å². The van der Waals surface area contributed by atoms with Gasteiger partial charge in [0.05, 0.1) is 0 Å². The molecule has 67 valence electrons. The zero-order valence-corrected chi connectivity index (χ0v) is 8.81. The molecule has 0 atom stereocenters. The van der Waals surface area contributed by atoms with Crippen molar-refractivity contribution < 1.29 is 42.3 Å². The molecular formula is C8H18O2Y-2. The van der Waals surface area contributed by atoms with Gasteiger partial charge < -0.3 is 9.59 Å². The molecule has 0 aliphatic heterocycles. The molecule has 0 heterocycles. The first-order chi connectivity index (χ1) is 3.68. The molecule has 0 saturated carbocycles. The van der Waals surface area contributed by atoms with Gasteiger partial charge in [-0.1, -0.05) is 28.7 Å². The summed E-state index contributed by atoms with van der Waals surface area (Å²) in [4.78, 5) is 18.1. The van der Waals surface area contributed by atoms with Gasteiger partial charge in [0.25, 0.3) is 0 Å². The van der Waals surface area contributed by atoms with E-state index in [1.165, 1.54) is 13.2 Å². The first-order valence-electron chi connectivity index (χ1n) is 2.35. The molecule has 11 heavy (non-hydrogen) atoms. The standard InChI is InChI=1S/C4H7O.C2H3O.2CH4.Y/c1-4(2)3-5;1-2-3;;;/h4H,1-2H3;1H3;2*1H4;/q2*-1;;;. The Morgan fingerprint density at radius 1 is 1.09 bits per heavy atom. The van der Waals surface area contributed by atoms with Gasteiger partial charge in [-0.15, -0.1) is 5.92 Å². The van der Waals surface area contributed by atoms with Crippen LogP contribution >= 0.6 is 0 Å². The van der Waals surface area contributed by atoms with E-state index in [-0.39, 0.29) is 53.5 Å². The van der Waals surface area contributed by atoms with Crippen LogP contribution < -0.4 is 0 Å². The Morgan fingerprint density at radius 3 is 1.18 bits per heavy atom. The third kappa shape index (κ3) is 125. The molecule has 3 heteroatoms. The molecule has 0 unspecified atom stereocenters. The molecule has 0 amide bonds. The van der Waals surface area contributed by atoms with Crippen LogP contribution in [-0.4, -0.2) is 12.6 Å². The maximum absolute atomic E-state index is 9.38. The van der Waals surface area contributed by atoms with Crippen LogP contribution in [0.25, 0.3) is 0 Å². The van der Waals surface area contributed by atoms with Crippen LogP contribution in [0.2, 0.25) is 0 Å². The van der Waals surface area contributed by atoms with E-state index >= 15 is 0 Å². The van der Waals surface area contributed by atoms with Crippen LogP contribution in [0.3, 0.4) is 0 Å². The van der Waals surface area contributed by atoms with E-state index in [1.54, 1.807) is 20.1 Å². The Kier molecular flexibility index (Phi) is 85.9. The van der Waals surface area contributed by atoms with Crippen molar-refractivity contribution in [1.29, 1.82) is 0 Å². The van der Waals surface area contributed by atoms with Crippen molar-refractivity contribution in [3.63, 3.8) is 0 Å². The van der Waals surface area contributed by atoms with Gasteiger partial charge in [0.2, 0.25) is 0 Å². The molecule has 0 N–H and O–H groups in total. The van der Waals surface area contributed by atoms with E-state index in [0.29, 0.717) is 0 Å². The Balaban J connectivity index is -0.0000000183. The van der Waals surface area contributed by atoms with Crippen molar-refractivity contribution in [2.45, 2.75) is 35.6 Å². The van der Waals surface area contributed by atoms with Crippen molar-refractivity contribution in [3.8, 4) is 0 Å². The maximum Gasteiger partial charge on any atom is 0 e. The van der Waals surface area contributed by atoms with E-state index < -0.39 is 0 Å². The molecule has 0 aliphatic rings. The minimum absolute atomic E-state index is 0. The topological polar surface area (TPSA) is 34.1 Å². The third-order valence-electron chi connectivity index (χ3n) is 0.236. The van der Waals surface area contributed by atoms with Gasteiger partial charge in [-0.2, -0.15) is 6.92 Å². The molecular weight excluding hydrogens is 217 g/mol. The molecule has 0 aromatic carbocycles. The van der Waals surface area contributed by atoms with Crippen LogP contribution in [0, 0.1) is 5.92 Å². The average Bonchev–Trinajstić information content (AvgIpc) is 1.69. The van der Waals surface area contributed by atoms with Crippen LogP contribution in [0.15, 0.2) is 0 Å². The molecule has 0 aliphatic carbocycles. The largest absolute Gasteiger partial charge is 0.542 e. The van der Waals surface area contributed by atoms with E-state index in [4.69, 9.17) is 4.79 Å².